The zero-order valence-electron chi connectivity index (χ0n) is 15.5. The minimum absolute atomic E-state index is 0. The summed E-state index contributed by atoms with van der Waals surface area (Å²) < 4.78 is 0. The van der Waals surface area contributed by atoms with Crippen LogP contribution in [0.25, 0.3) is 0 Å². The number of benzene rings is 1. The third-order valence-electron chi connectivity index (χ3n) is 4.86. The summed E-state index contributed by atoms with van der Waals surface area (Å²) >= 11 is 0. The van der Waals surface area contributed by atoms with Crippen molar-refractivity contribution in [2.24, 2.45) is 4.99 Å². The van der Waals surface area contributed by atoms with Gasteiger partial charge in [-0.05, 0) is 45.7 Å². The van der Waals surface area contributed by atoms with E-state index in [1.54, 1.807) is 0 Å². The fourth-order valence-corrected chi connectivity index (χ4v) is 3.36. The first-order chi connectivity index (χ1) is 11.1. The van der Waals surface area contributed by atoms with E-state index >= 15 is 0 Å². The summed E-state index contributed by atoms with van der Waals surface area (Å²) in [5, 5.41) is 6.96. The van der Waals surface area contributed by atoms with Crippen molar-refractivity contribution < 1.29 is 0 Å². The molecule has 0 radical (unpaired) electrons. The van der Waals surface area contributed by atoms with Crippen LogP contribution >= 0.6 is 24.0 Å². The number of nitrogens with zero attached hydrogens (tertiary/aromatic N) is 2. The van der Waals surface area contributed by atoms with Crippen molar-refractivity contribution in [3.05, 3.63) is 35.9 Å². The van der Waals surface area contributed by atoms with E-state index in [9.17, 15) is 0 Å². The SMILES string of the molecule is CN=C(NCC(C)N1CCCCC1C)NC(C)c1ccccc1.I. The molecule has 0 spiro atoms. The molecule has 0 aliphatic carbocycles. The Balaban J connectivity index is 0.00000288. The van der Waals surface area contributed by atoms with Gasteiger partial charge in [0.1, 0.15) is 0 Å². The molecule has 1 aromatic rings. The molecule has 3 atom stereocenters. The quantitative estimate of drug-likeness (QED) is 0.413. The van der Waals surface area contributed by atoms with Crippen LogP contribution in [0.1, 0.15) is 51.6 Å². The van der Waals surface area contributed by atoms with Crippen LogP contribution in [-0.4, -0.2) is 43.1 Å². The van der Waals surface area contributed by atoms with Crippen LogP contribution in [0.5, 0.6) is 0 Å². The molecule has 4 nitrogen and oxygen atoms in total. The van der Waals surface area contributed by atoms with Crippen LogP contribution in [-0.2, 0) is 0 Å². The summed E-state index contributed by atoms with van der Waals surface area (Å²) in [5.41, 5.74) is 1.27. The Morgan fingerprint density at radius 1 is 1.25 bits per heavy atom. The van der Waals surface area contributed by atoms with Crippen molar-refractivity contribution in [1.29, 1.82) is 0 Å². The number of rotatable bonds is 5. The minimum Gasteiger partial charge on any atom is -0.355 e. The van der Waals surface area contributed by atoms with Crippen molar-refractivity contribution >= 4 is 29.9 Å². The summed E-state index contributed by atoms with van der Waals surface area (Å²) in [7, 11) is 1.83. The number of halogens is 1. The maximum absolute atomic E-state index is 4.37. The lowest BCUT2D eigenvalue weighted by Crippen LogP contribution is -2.50. The molecule has 3 unspecified atom stereocenters. The van der Waals surface area contributed by atoms with Gasteiger partial charge in [-0.25, -0.2) is 0 Å². The fraction of sp³-hybridized carbons (Fsp3) is 0.632. The lowest BCUT2D eigenvalue weighted by Gasteiger charge is -2.38. The Hall–Kier alpha value is -0.820. The number of aliphatic imine (C=N–C) groups is 1. The molecular weight excluding hydrogens is 411 g/mol. The molecule has 1 aliphatic rings. The zero-order chi connectivity index (χ0) is 16.7. The van der Waals surface area contributed by atoms with E-state index in [2.05, 4.69) is 65.6 Å². The number of guanidine groups is 1. The molecule has 1 saturated heterocycles. The van der Waals surface area contributed by atoms with Crippen molar-refractivity contribution in [2.45, 2.75) is 58.2 Å². The highest BCUT2D eigenvalue weighted by atomic mass is 127. The number of piperidine rings is 1. The topological polar surface area (TPSA) is 39.7 Å². The van der Waals surface area contributed by atoms with Gasteiger partial charge < -0.3 is 10.6 Å². The molecule has 0 saturated carbocycles. The van der Waals surface area contributed by atoms with Gasteiger partial charge in [0.2, 0.25) is 0 Å². The monoisotopic (exact) mass is 444 g/mol. The van der Waals surface area contributed by atoms with E-state index in [0.29, 0.717) is 12.1 Å². The first kappa shape index (κ1) is 21.2. The first-order valence-corrected chi connectivity index (χ1v) is 8.89. The highest BCUT2D eigenvalue weighted by Gasteiger charge is 2.23. The second-order valence-corrected chi connectivity index (χ2v) is 6.66. The Morgan fingerprint density at radius 2 is 1.96 bits per heavy atom. The average molecular weight is 444 g/mol. The normalized spacial score (nSPS) is 21.5. The van der Waals surface area contributed by atoms with Gasteiger partial charge in [-0.2, -0.15) is 0 Å². The van der Waals surface area contributed by atoms with Crippen molar-refractivity contribution in [3.8, 4) is 0 Å². The largest absolute Gasteiger partial charge is 0.355 e. The molecule has 1 heterocycles. The predicted octanol–water partition coefficient (Wildman–Crippen LogP) is 3.79. The summed E-state index contributed by atoms with van der Waals surface area (Å²) in [5.74, 6) is 0.873. The standard InChI is InChI=1S/C19H32N4.HI/c1-15-10-8-9-13-23(15)16(2)14-21-19(20-4)22-17(3)18-11-6-5-7-12-18;/h5-7,11-12,15-17H,8-10,13-14H2,1-4H3,(H2,20,21,22);1H. The van der Waals surface area contributed by atoms with Gasteiger partial charge in [0.15, 0.2) is 5.96 Å². The van der Waals surface area contributed by atoms with Gasteiger partial charge >= 0.3 is 0 Å². The average Bonchev–Trinajstić information content (AvgIpc) is 2.59. The summed E-state index contributed by atoms with van der Waals surface area (Å²) in [6, 6.07) is 11.9. The smallest absolute Gasteiger partial charge is 0.191 e. The predicted molar refractivity (Wildman–Crippen MR) is 114 cm³/mol. The van der Waals surface area contributed by atoms with E-state index in [1.165, 1.54) is 31.4 Å². The van der Waals surface area contributed by atoms with Gasteiger partial charge in [-0.1, -0.05) is 36.8 Å². The summed E-state index contributed by atoms with van der Waals surface area (Å²) in [6.07, 6.45) is 4.02. The Bertz CT molecular complexity index is 491. The van der Waals surface area contributed by atoms with E-state index in [4.69, 9.17) is 0 Å². The molecule has 2 N–H and O–H groups in total. The van der Waals surface area contributed by atoms with Crippen molar-refractivity contribution in [1.82, 2.24) is 15.5 Å². The van der Waals surface area contributed by atoms with Crippen LogP contribution in [0, 0.1) is 0 Å². The minimum atomic E-state index is 0. The molecule has 0 amide bonds. The van der Waals surface area contributed by atoms with Crippen LogP contribution < -0.4 is 10.6 Å². The highest BCUT2D eigenvalue weighted by Crippen LogP contribution is 2.18. The van der Waals surface area contributed by atoms with Crippen LogP contribution in [0.4, 0.5) is 0 Å². The second kappa shape index (κ2) is 10.9. The zero-order valence-corrected chi connectivity index (χ0v) is 17.8. The van der Waals surface area contributed by atoms with Gasteiger partial charge in [-0.3, -0.25) is 9.89 Å². The molecule has 1 aromatic carbocycles. The lowest BCUT2D eigenvalue weighted by molar-refractivity contribution is 0.115. The fourth-order valence-electron chi connectivity index (χ4n) is 3.36. The lowest BCUT2D eigenvalue weighted by atomic mass is 10.0. The maximum atomic E-state index is 4.37. The molecule has 1 aliphatic heterocycles. The van der Waals surface area contributed by atoms with E-state index in [1.807, 2.05) is 13.1 Å². The van der Waals surface area contributed by atoms with E-state index in [-0.39, 0.29) is 30.0 Å². The molecule has 24 heavy (non-hydrogen) atoms. The molecular formula is C19H33IN4. The second-order valence-electron chi connectivity index (χ2n) is 6.66. The van der Waals surface area contributed by atoms with Gasteiger partial charge in [0.25, 0.3) is 0 Å². The molecule has 0 aromatic heterocycles. The molecule has 0 bridgehead atoms. The Morgan fingerprint density at radius 3 is 2.58 bits per heavy atom. The molecule has 1 fully saturated rings. The highest BCUT2D eigenvalue weighted by molar-refractivity contribution is 14.0. The van der Waals surface area contributed by atoms with Crippen LogP contribution in [0.15, 0.2) is 35.3 Å². The maximum Gasteiger partial charge on any atom is 0.191 e. The van der Waals surface area contributed by atoms with Gasteiger partial charge in [-0.15, -0.1) is 24.0 Å². The molecule has 2 rings (SSSR count). The molecule has 5 heteroatoms. The number of hydrogen-bond donors (Lipinski definition) is 2. The Kier molecular flexibility index (Phi) is 9.66. The third kappa shape index (κ3) is 6.24. The van der Waals surface area contributed by atoms with E-state index < -0.39 is 0 Å². The first-order valence-electron chi connectivity index (χ1n) is 8.89. The van der Waals surface area contributed by atoms with Gasteiger partial charge in [0, 0.05) is 25.7 Å². The summed E-state index contributed by atoms with van der Waals surface area (Å²) in [6.45, 7) is 8.96. The van der Waals surface area contributed by atoms with E-state index in [0.717, 1.165) is 12.5 Å². The van der Waals surface area contributed by atoms with Crippen molar-refractivity contribution in [2.75, 3.05) is 20.1 Å². The van der Waals surface area contributed by atoms with Gasteiger partial charge in [0.05, 0.1) is 6.04 Å². The number of hydrogen-bond acceptors (Lipinski definition) is 2. The van der Waals surface area contributed by atoms with Crippen molar-refractivity contribution in [3.63, 3.8) is 0 Å². The third-order valence-corrected chi connectivity index (χ3v) is 4.86. The van der Waals surface area contributed by atoms with Crippen LogP contribution in [0.2, 0.25) is 0 Å². The Labute approximate surface area is 164 Å². The van der Waals surface area contributed by atoms with Crippen LogP contribution in [0.3, 0.4) is 0 Å². The summed E-state index contributed by atoms with van der Waals surface area (Å²) in [4.78, 5) is 6.98. The number of nitrogens with one attached hydrogen (secondary N) is 2. The molecule has 136 valence electrons. The number of likely N-dealkylation sites (tertiary alicyclic amines) is 1.